The number of terminal acetylenes is 1. The Bertz CT molecular complexity index is 1670. The molecule has 0 atom stereocenters. The molecule has 3 N–H and O–H groups in total. The third kappa shape index (κ3) is 8.14. The second-order valence-electron chi connectivity index (χ2n) is 10.1. The first-order valence-corrected chi connectivity index (χ1v) is 14.5. The van der Waals surface area contributed by atoms with E-state index in [4.69, 9.17) is 4.98 Å². The van der Waals surface area contributed by atoms with Gasteiger partial charge in [-0.25, -0.2) is 9.37 Å². The fraction of sp³-hybridized carbons (Fsp3) is 0.154. The Hall–Kier alpha value is -5.34. The molecule has 0 saturated heterocycles. The zero-order valence-electron chi connectivity index (χ0n) is 25.9. The van der Waals surface area contributed by atoms with Gasteiger partial charge in [-0.05, 0) is 61.3 Å². The molecule has 1 aromatic heterocycles. The fourth-order valence-corrected chi connectivity index (χ4v) is 5.10. The average Bonchev–Trinajstić information content (AvgIpc) is 3.70. The highest BCUT2D eigenvalue weighted by Crippen LogP contribution is 2.32. The molecule has 1 heterocycles. The highest BCUT2D eigenvalue weighted by Gasteiger charge is 2.20. The predicted octanol–water partition coefficient (Wildman–Crippen LogP) is 9.01. The van der Waals surface area contributed by atoms with E-state index in [1.807, 2.05) is 56.3 Å². The molecule has 1 aliphatic carbocycles. The van der Waals surface area contributed by atoms with E-state index in [1.54, 1.807) is 25.3 Å². The van der Waals surface area contributed by atoms with E-state index in [-0.39, 0.29) is 5.82 Å². The minimum absolute atomic E-state index is 0.295. The summed E-state index contributed by atoms with van der Waals surface area (Å²) in [5, 5.41) is 6.49. The van der Waals surface area contributed by atoms with Crippen LogP contribution in [0.4, 0.5) is 10.1 Å². The topological polar surface area (TPSA) is 52.7 Å². The molecule has 0 spiro atoms. The van der Waals surface area contributed by atoms with E-state index in [0.29, 0.717) is 35.5 Å². The number of imidazole rings is 1. The lowest BCUT2D eigenvalue weighted by molar-refractivity contribution is 0.609. The molecule has 44 heavy (non-hydrogen) atoms. The van der Waals surface area contributed by atoms with Crippen molar-refractivity contribution in [3.05, 3.63) is 167 Å². The maximum atomic E-state index is 16.3. The van der Waals surface area contributed by atoms with E-state index in [9.17, 15) is 0 Å². The summed E-state index contributed by atoms with van der Waals surface area (Å²) in [5.41, 5.74) is 9.10. The molecule has 0 bridgehead atoms. The number of halogens is 1. The van der Waals surface area contributed by atoms with E-state index < -0.39 is 0 Å². The Kier molecular flexibility index (Phi) is 12.3. The number of anilines is 1. The van der Waals surface area contributed by atoms with Crippen molar-refractivity contribution in [3.63, 3.8) is 0 Å². The number of aromatic amines is 1. The fourth-order valence-electron chi connectivity index (χ4n) is 5.10. The van der Waals surface area contributed by atoms with Gasteiger partial charge < -0.3 is 15.6 Å². The monoisotopic (exact) mass is 584 g/mol. The molecular weight excluding hydrogens is 543 g/mol. The van der Waals surface area contributed by atoms with Gasteiger partial charge in [-0.15, -0.1) is 12.8 Å². The van der Waals surface area contributed by atoms with Gasteiger partial charge in [0.15, 0.2) is 0 Å². The van der Waals surface area contributed by atoms with Crippen LogP contribution in [0.3, 0.4) is 0 Å². The number of allylic oxidation sites excluding steroid dienone is 12. The van der Waals surface area contributed by atoms with Crippen LogP contribution in [0.5, 0.6) is 0 Å². The molecule has 1 aliphatic rings. The van der Waals surface area contributed by atoms with Crippen molar-refractivity contribution in [2.75, 3.05) is 12.4 Å². The van der Waals surface area contributed by atoms with Crippen molar-refractivity contribution in [2.45, 2.75) is 33.1 Å². The number of aryl methyl sites for hydroxylation is 1. The van der Waals surface area contributed by atoms with E-state index in [2.05, 4.69) is 78.6 Å². The van der Waals surface area contributed by atoms with Gasteiger partial charge in [-0.3, -0.25) is 0 Å². The minimum Gasteiger partial charge on any atom is -0.388 e. The van der Waals surface area contributed by atoms with Gasteiger partial charge in [0.1, 0.15) is 11.6 Å². The largest absolute Gasteiger partial charge is 0.388 e. The Morgan fingerprint density at radius 2 is 1.89 bits per heavy atom. The van der Waals surface area contributed by atoms with Crippen molar-refractivity contribution in [1.82, 2.24) is 15.3 Å². The van der Waals surface area contributed by atoms with E-state index in [0.717, 1.165) is 51.5 Å². The smallest absolute Gasteiger partial charge is 0.136 e. The molecule has 0 unspecified atom stereocenters. The molecule has 2 aromatic carbocycles. The number of aromatic nitrogens is 2. The number of rotatable bonds is 13. The number of hydrogen-bond acceptors (Lipinski definition) is 3. The van der Waals surface area contributed by atoms with Crippen LogP contribution in [0.1, 0.15) is 47.2 Å². The SMILES string of the molecule is C#C.C=C/C=C(/C1=CCC=C1)c1nc(Cc2c(NC)ccc(C(/C=C(\C=C)NC(=C)Cc3ccccc3)=C/C)c2F)[nH]c1C. The maximum absolute atomic E-state index is 16.3. The van der Waals surface area contributed by atoms with Crippen LogP contribution in [-0.2, 0) is 12.8 Å². The third-order valence-electron chi connectivity index (χ3n) is 7.15. The molecule has 3 aromatic rings. The van der Waals surface area contributed by atoms with E-state index >= 15 is 4.39 Å². The van der Waals surface area contributed by atoms with Crippen LogP contribution in [-0.4, -0.2) is 17.0 Å². The predicted molar refractivity (Wildman–Crippen MR) is 186 cm³/mol. The van der Waals surface area contributed by atoms with Gasteiger partial charge in [-0.1, -0.05) is 86.5 Å². The Morgan fingerprint density at radius 3 is 2.50 bits per heavy atom. The van der Waals surface area contributed by atoms with Gasteiger partial charge in [-0.2, -0.15) is 0 Å². The Morgan fingerprint density at radius 1 is 1.14 bits per heavy atom. The first-order valence-electron chi connectivity index (χ1n) is 14.5. The number of nitrogens with zero attached hydrogens (tertiary/aromatic N) is 1. The molecular formula is C39H41FN4. The summed E-state index contributed by atoms with van der Waals surface area (Å²) < 4.78 is 16.3. The lowest BCUT2D eigenvalue weighted by Crippen LogP contribution is -2.12. The van der Waals surface area contributed by atoms with Crippen LogP contribution in [0.15, 0.2) is 128 Å². The quantitative estimate of drug-likeness (QED) is 0.139. The molecule has 0 amide bonds. The van der Waals surface area contributed by atoms with Gasteiger partial charge >= 0.3 is 0 Å². The van der Waals surface area contributed by atoms with Gasteiger partial charge in [0.05, 0.1) is 5.69 Å². The summed E-state index contributed by atoms with van der Waals surface area (Å²) in [6.07, 6.45) is 25.5. The minimum atomic E-state index is -0.295. The molecule has 0 fully saturated rings. The average molecular weight is 585 g/mol. The number of benzene rings is 2. The summed E-state index contributed by atoms with van der Waals surface area (Å²) in [4.78, 5) is 8.30. The molecule has 5 heteroatoms. The van der Waals surface area contributed by atoms with Gasteiger partial charge in [0, 0.05) is 59.4 Å². The number of H-pyrrole nitrogens is 1. The zero-order chi connectivity index (χ0) is 32.1. The van der Waals surface area contributed by atoms with Crippen LogP contribution in [0.25, 0.3) is 11.1 Å². The Labute approximate surface area is 261 Å². The standard InChI is InChI=1S/C37H39FN4.C2H2/c1-7-15-32(29-18-13-14-19-29)37-26(5)41-35(42-37)24-33-34(39-6)21-20-31(36(33)38)28(8-2)23-30(9-3)40-25(4)22-27-16-11-10-12-17-27;1-2/h7-13,15-21,23,39-40H,1,3-4,14,22,24H2,2,5-6H3,(H,41,42);1-2H/b28-8+,30-23+,32-15-;. The number of nitrogens with one attached hydrogen (secondary N) is 3. The maximum Gasteiger partial charge on any atom is 0.136 e. The van der Waals surface area contributed by atoms with Crippen LogP contribution in [0.2, 0.25) is 0 Å². The van der Waals surface area contributed by atoms with Crippen molar-refractivity contribution >= 4 is 16.8 Å². The second-order valence-corrected chi connectivity index (χ2v) is 10.1. The van der Waals surface area contributed by atoms with Gasteiger partial charge in [0.25, 0.3) is 0 Å². The van der Waals surface area contributed by atoms with Gasteiger partial charge in [0.2, 0.25) is 0 Å². The molecule has 0 radical (unpaired) electrons. The molecule has 4 nitrogen and oxygen atoms in total. The highest BCUT2D eigenvalue weighted by atomic mass is 19.1. The zero-order valence-corrected chi connectivity index (χ0v) is 25.9. The second kappa shape index (κ2) is 16.3. The molecule has 4 rings (SSSR count). The summed E-state index contributed by atoms with van der Waals surface area (Å²) in [6.45, 7) is 15.9. The van der Waals surface area contributed by atoms with Crippen LogP contribution in [0, 0.1) is 25.6 Å². The molecule has 224 valence electrons. The van der Waals surface area contributed by atoms with Crippen molar-refractivity contribution < 1.29 is 4.39 Å². The van der Waals surface area contributed by atoms with Crippen LogP contribution < -0.4 is 10.6 Å². The molecule has 0 saturated carbocycles. The summed E-state index contributed by atoms with van der Waals surface area (Å²) in [6, 6.07) is 13.8. The summed E-state index contributed by atoms with van der Waals surface area (Å²) in [7, 11) is 1.80. The van der Waals surface area contributed by atoms with Crippen molar-refractivity contribution in [2.24, 2.45) is 0 Å². The number of hydrogen-bond donors (Lipinski definition) is 3. The van der Waals surface area contributed by atoms with Crippen LogP contribution >= 0.6 is 0 Å². The first kappa shape index (κ1) is 33.2. The van der Waals surface area contributed by atoms with E-state index in [1.165, 1.54) is 0 Å². The molecule has 0 aliphatic heterocycles. The lowest BCUT2D eigenvalue weighted by Gasteiger charge is -2.15. The summed E-state index contributed by atoms with van der Waals surface area (Å²) in [5.74, 6) is 0.396. The third-order valence-corrected chi connectivity index (χ3v) is 7.15. The van der Waals surface area contributed by atoms with Crippen molar-refractivity contribution in [3.8, 4) is 12.8 Å². The summed E-state index contributed by atoms with van der Waals surface area (Å²) >= 11 is 0. The van der Waals surface area contributed by atoms with Crippen molar-refractivity contribution in [1.29, 1.82) is 0 Å². The first-order chi connectivity index (χ1) is 21.4. The normalized spacial score (nSPS) is 13.0. The highest BCUT2D eigenvalue weighted by molar-refractivity contribution is 5.83. The lowest BCUT2D eigenvalue weighted by atomic mass is 9.97. The Balaban J connectivity index is 0.00000259.